The van der Waals surface area contributed by atoms with Gasteiger partial charge in [0, 0.05) is 8.56 Å². The molecule has 0 aromatic carbocycles. The molecule has 0 amide bonds. The summed E-state index contributed by atoms with van der Waals surface area (Å²) in [6.45, 7) is 2.87. The predicted molar refractivity (Wildman–Crippen MR) is 154 cm³/mol. The lowest BCUT2D eigenvalue weighted by molar-refractivity contribution is 0.524. The number of sulfonamides is 1. The van der Waals surface area contributed by atoms with E-state index in [-0.39, 0.29) is 41.5 Å². The molecule has 0 saturated heterocycles. The van der Waals surface area contributed by atoms with Gasteiger partial charge in [0.05, 0.1) is 4.91 Å². The first-order chi connectivity index (χ1) is 14.7. The molecule has 0 aromatic heterocycles. The molecule has 0 aliphatic carbocycles. The molecule has 1 aliphatic heterocycles. The van der Waals surface area contributed by atoms with Crippen LogP contribution >= 0.6 is 41.5 Å². The Bertz CT molecular complexity index is 600. The van der Waals surface area contributed by atoms with Gasteiger partial charge in [0.1, 0.15) is 0 Å². The van der Waals surface area contributed by atoms with Crippen molar-refractivity contribution in [3.8, 4) is 0 Å². The van der Waals surface area contributed by atoms with Crippen molar-refractivity contribution in [2.45, 2.75) is 122 Å². The minimum Gasteiger partial charge on any atom is -0.211 e. The van der Waals surface area contributed by atoms with Crippen LogP contribution in [0.15, 0.2) is 8.99 Å². The summed E-state index contributed by atoms with van der Waals surface area (Å²) in [5, 5.41) is 0. The van der Waals surface area contributed by atoms with Crippen LogP contribution in [0.5, 0.6) is 0 Å². The second-order valence-electron chi connectivity index (χ2n) is 8.36. The lowest BCUT2D eigenvalue weighted by Gasteiger charge is -2.08. The highest BCUT2D eigenvalue weighted by molar-refractivity contribution is 14.3. The quantitative estimate of drug-likeness (QED) is 0.0991. The third kappa shape index (κ3) is 16.5. The fraction of sp³-hybridized carbons (Fsp3) is 0.833. The number of hydrogen-bond donors (Lipinski definition) is 1. The Morgan fingerprint density at radius 3 is 1.50 bits per heavy atom. The zero-order valence-corrected chi connectivity index (χ0v) is 24.3. The highest BCUT2D eigenvalue weighted by Gasteiger charge is 2.14. The van der Waals surface area contributed by atoms with Gasteiger partial charge in [0.25, 0.3) is 0 Å². The molecule has 1 aliphatic rings. The van der Waals surface area contributed by atoms with E-state index in [0.717, 1.165) is 12.8 Å². The third-order valence-corrected chi connectivity index (χ3v) is 14.1. The van der Waals surface area contributed by atoms with Gasteiger partial charge in [-0.1, -0.05) is 158 Å². The maximum Gasteiger partial charge on any atom is 0.241 e. The van der Waals surface area contributed by atoms with Crippen LogP contribution < -0.4 is 4.72 Å². The maximum atomic E-state index is 12.2. The Balaban J connectivity index is 1.78. The summed E-state index contributed by atoms with van der Waals surface area (Å²) >= 11 is -0.247. The molecular weight excluding hydrogens is 620 g/mol. The van der Waals surface area contributed by atoms with Gasteiger partial charge in [-0.3, -0.25) is 0 Å². The number of nitrogens with one attached hydrogen (secondary N) is 1. The van der Waals surface area contributed by atoms with Crippen LogP contribution in [0.2, 0.25) is 0 Å². The number of unbranched alkanes of at least 4 members (excludes halogenated alkanes) is 17. The summed E-state index contributed by atoms with van der Waals surface area (Å²) in [6.07, 6.45) is 24.4. The molecule has 0 bridgehead atoms. The molecule has 1 N–H and O–H groups in total. The van der Waals surface area contributed by atoms with Gasteiger partial charge in [0.15, 0.2) is 0 Å². The zero-order chi connectivity index (χ0) is 21.8. The summed E-state index contributed by atoms with van der Waals surface area (Å²) in [4.78, 5) is 0.563. The van der Waals surface area contributed by atoms with Crippen LogP contribution in [0.3, 0.4) is 0 Å². The van der Waals surface area contributed by atoms with Crippen molar-refractivity contribution in [1.29, 1.82) is 0 Å². The van der Waals surface area contributed by atoms with Crippen molar-refractivity contribution in [1.82, 2.24) is 4.72 Å². The Morgan fingerprint density at radius 1 is 0.667 bits per heavy atom. The molecule has 0 aromatic rings. The highest BCUT2D eigenvalue weighted by Crippen LogP contribution is 2.18. The smallest absolute Gasteiger partial charge is 0.211 e. The fourth-order valence-corrected chi connectivity index (χ4v) is 12.2. The SMILES string of the molecule is CCCCCCCCCCCCCCCCCCCCNS(=O)(=O)C1=CI=CI=C1. The molecule has 0 fully saturated rings. The van der Waals surface area contributed by atoms with Gasteiger partial charge < -0.3 is 0 Å². The Morgan fingerprint density at radius 2 is 1.10 bits per heavy atom. The predicted octanol–water partition coefficient (Wildman–Crippen LogP) is 8.31. The monoisotopic (exact) mass is 665 g/mol. The lowest BCUT2D eigenvalue weighted by Crippen LogP contribution is -2.26. The standard InChI is InChI=1S/C24H45I2NO2S/c1-2-3-4-5-6-7-8-9-10-11-12-13-14-15-16-17-18-19-20-27-30(28,29)24-21-25-23-26-22-24/h21-23,27H,2-20H2,1H3. The molecule has 0 spiro atoms. The van der Waals surface area contributed by atoms with Crippen LogP contribution in [-0.4, -0.2) is 21.0 Å². The van der Waals surface area contributed by atoms with Crippen LogP contribution in [0.4, 0.5) is 0 Å². The fourth-order valence-electron chi connectivity index (χ4n) is 3.66. The summed E-state index contributed by atoms with van der Waals surface area (Å²) in [7, 11) is -3.22. The number of rotatable bonds is 21. The second-order valence-corrected chi connectivity index (χ2v) is 16.4. The average Bonchev–Trinajstić information content (AvgIpc) is 2.76. The summed E-state index contributed by atoms with van der Waals surface area (Å²) < 4.78 is 33.3. The topological polar surface area (TPSA) is 46.2 Å². The summed E-state index contributed by atoms with van der Waals surface area (Å²) in [5.74, 6) is 0. The first-order valence-electron chi connectivity index (χ1n) is 12.3. The van der Waals surface area contributed by atoms with Gasteiger partial charge in [0.2, 0.25) is 10.0 Å². The van der Waals surface area contributed by atoms with Crippen molar-refractivity contribution in [2.75, 3.05) is 6.54 Å². The van der Waals surface area contributed by atoms with E-state index in [1.807, 2.05) is 8.09 Å². The van der Waals surface area contributed by atoms with Crippen molar-refractivity contribution >= 4 is 57.5 Å². The molecule has 0 unspecified atom stereocenters. The average molecular weight is 666 g/mol. The molecule has 0 atom stereocenters. The molecular formula is C24H45I2NO2S. The van der Waals surface area contributed by atoms with E-state index in [0.29, 0.717) is 11.4 Å². The zero-order valence-electron chi connectivity index (χ0n) is 19.1. The van der Waals surface area contributed by atoms with Crippen molar-refractivity contribution in [3.05, 3.63) is 8.99 Å². The van der Waals surface area contributed by atoms with E-state index >= 15 is 0 Å². The van der Waals surface area contributed by atoms with Crippen molar-refractivity contribution in [2.24, 2.45) is 0 Å². The van der Waals surface area contributed by atoms with Crippen LogP contribution in [0.25, 0.3) is 0 Å². The van der Waals surface area contributed by atoms with E-state index < -0.39 is 10.0 Å². The van der Waals surface area contributed by atoms with Gasteiger partial charge in [-0.15, -0.1) is 0 Å². The van der Waals surface area contributed by atoms with E-state index in [4.69, 9.17) is 0 Å². The first-order valence-corrected chi connectivity index (χ1v) is 18.7. The van der Waals surface area contributed by atoms with Gasteiger partial charge in [-0.25, -0.2) is 13.1 Å². The second kappa shape index (κ2) is 20.5. The van der Waals surface area contributed by atoms with Crippen molar-refractivity contribution < 1.29 is 8.42 Å². The van der Waals surface area contributed by atoms with E-state index in [1.54, 1.807) is 0 Å². The minimum absolute atomic E-state index is 0.123. The van der Waals surface area contributed by atoms with E-state index in [9.17, 15) is 8.42 Å². The number of allylic oxidation sites excluding steroid dienone is 1. The summed E-state index contributed by atoms with van der Waals surface area (Å²) in [5.41, 5.74) is 0. The first kappa shape index (κ1) is 28.9. The molecule has 3 nitrogen and oxygen atoms in total. The maximum absolute atomic E-state index is 12.2. The molecule has 0 radical (unpaired) electrons. The molecule has 1 heterocycles. The largest absolute Gasteiger partial charge is 0.241 e. The molecule has 6 heteroatoms. The lowest BCUT2D eigenvalue weighted by atomic mass is 10.0. The minimum atomic E-state index is -3.22. The summed E-state index contributed by atoms with van der Waals surface area (Å²) in [6, 6.07) is 0. The normalized spacial score (nSPS) is 14.2. The molecule has 0 saturated carbocycles. The molecule has 178 valence electrons. The number of halogens is 2. The number of hydrogen-bond acceptors (Lipinski definition) is 2. The molecule has 30 heavy (non-hydrogen) atoms. The van der Waals surface area contributed by atoms with Gasteiger partial charge >= 0.3 is 0 Å². The Labute approximate surface area is 207 Å². The molecule has 1 rings (SSSR count). The van der Waals surface area contributed by atoms with Gasteiger partial charge in [-0.05, 0) is 14.5 Å². The Hall–Kier alpha value is 0.850. The van der Waals surface area contributed by atoms with E-state index in [2.05, 4.69) is 13.7 Å². The van der Waals surface area contributed by atoms with Crippen LogP contribution in [0, 0.1) is 0 Å². The van der Waals surface area contributed by atoms with Crippen molar-refractivity contribution in [3.63, 3.8) is 0 Å². The van der Waals surface area contributed by atoms with E-state index in [1.165, 1.54) is 103 Å². The van der Waals surface area contributed by atoms with Gasteiger partial charge in [-0.2, -0.15) is 0 Å². The highest BCUT2D eigenvalue weighted by atomic mass is 127. The van der Waals surface area contributed by atoms with Crippen LogP contribution in [-0.2, 0) is 10.0 Å². The third-order valence-electron chi connectivity index (χ3n) is 5.57. The van der Waals surface area contributed by atoms with Crippen LogP contribution in [0.1, 0.15) is 122 Å². The Kier molecular flexibility index (Phi) is 19.7.